The number of H-pyrrole nitrogens is 2. The highest BCUT2D eigenvalue weighted by molar-refractivity contribution is 5.98. The number of para-hydroxylation sites is 2. The lowest BCUT2D eigenvalue weighted by Crippen LogP contribution is -2.61. The molecule has 0 bridgehead atoms. The molecular weight excluding hydrogens is 987 g/mol. The number of unbranched alkanes of at least 4 members (excludes halogenated alkanes) is 2. The first-order chi connectivity index (χ1) is 36.3. The van der Waals surface area contributed by atoms with Crippen molar-refractivity contribution < 1.29 is 58.5 Å². The smallest absolute Gasteiger partial charge is 0.326 e. The standard InChI is InChI=1S/C51H75N13O12/c1-28(2)21-38(47(71)62-40(51(75)76)23-30-25-57-35-15-6-4-12-32(30)35)60-48(72)39(22-29-24-56-34-14-5-3-11-31(29)34)61-45(69)36(16-8-10-20-53)58-50(74)42(27-66)64-46(70)37(17-18-43(55)67)59-49(73)41(26-65)63-44(68)33(54)13-7-9-19-52/h3-6,11-12,14-15,24-25,28,33,36-42,56-57,65-66H,7-10,13,16-23,26-27,52-54H2,1-2H3,(H2,55,67)(H,58,74)(H,59,73)(H,60,72)(H,61,69)(H,62,71)(H,63,68)(H,64,70)(H,75,76)/t33-,36-,37-,38-,39+,40+,41+,42+/m0/s1. The van der Waals surface area contributed by atoms with Gasteiger partial charge in [0.2, 0.25) is 47.3 Å². The van der Waals surface area contributed by atoms with Crippen LogP contribution >= 0.6 is 0 Å². The maximum absolute atomic E-state index is 14.5. The Kier molecular flexibility index (Phi) is 24.8. The summed E-state index contributed by atoms with van der Waals surface area (Å²) in [7, 11) is 0. The van der Waals surface area contributed by atoms with Crippen molar-refractivity contribution >= 4 is 75.0 Å². The normalized spacial score (nSPS) is 14.5. The van der Waals surface area contributed by atoms with Gasteiger partial charge in [-0.1, -0.05) is 56.7 Å². The monoisotopic (exact) mass is 1060 g/mol. The molecule has 25 nitrogen and oxygen atoms in total. The van der Waals surface area contributed by atoms with Crippen molar-refractivity contribution in [1.29, 1.82) is 0 Å². The number of carboxylic acid groups (broad SMARTS) is 1. The minimum Gasteiger partial charge on any atom is -0.480 e. The van der Waals surface area contributed by atoms with Gasteiger partial charge in [-0.3, -0.25) is 38.4 Å². The summed E-state index contributed by atoms with van der Waals surface area (Å²) in [5.41, 5.74) is 25.3. The summed E-state index contributed by atoms with van der Waals surface area (Å²) in [5.74, 6) is -8.77. The van der Waals surface area contributed by atoms with Gasteiger partial charge in [0.25, 0.3) is 0 Å². The summed E-state index contributed by atoms with van der Waals surface area (Å²) in [4.78, 5) is 127. The number of hydrogen-bond acceptors (Lipinski definition) is 14. The van der Waals surface area contributed by atoms with E-state index in [1.807, 2.05) is 44.2 Å². The number of hydrogen-bond donors (Lipinski definition) is 16. The topological polar surface area (TPSA) is 434 Å². The van der Waals surface area contributed by atoms with E-state index in [-0.39, 0.29) is 51.0 Å². The Morgan fingerprint density at radius 2 is 0.908 bits per heavy atom. The van der Waals surface area contributed by atoms with Crippen molar-refractivity contribution in [1.82, 2.24) is 47.2 Å². The Labute approximate surface area is 439 Å². The third kappa shape index (κ3) is 18.7. The maximum Gasteiger partial charge on any atom is 0.326 e. The highest BCUT2D eigenvalue weighted by atomic mass is 16.4. The number of aromatic amines is 2. The first-order valence-corrected chi connectivity index (χ1v) is 25.4. The first-order valence-electron chi connectivity index (χ1n) is 25.4. The number of primary amides is 1. The van der Waals surface area contributed by atoms with Crippen LogP contribution < -0.4 is 60.2 Å². The maximum atomic E-state index is 14.5. The number of aliphatic hydroxyl groups excluding tert-OH is 2. The molecule has 8 amide bonds. The van der Waals surface area contributed by atoms with Crippen LogP contribution in [0.15, 0.2) is 60.9 Å². The lowest BCUT2D eigenvalue weighted by Gasteiger charge is -2.28. The van der Waals surface area contributed by atoms with Crippen LogP contribution in [-0.4, -0.2) is 153 Å². The molecule has 0 aliphatic rings. The average molecular weight is 1060 g/mol. The molecule has 416 valence electrons. The molecule has 4 aromatic rings. The average Bonchev–Trinajstić information content (AvgIpc) is 4.00. The molecular formula is C51H75N13O12. The number of rotatable bonds is 34. The Balaban J connectivity index is 1.56. The second-order valence-corrected chi connectivity index (χ2v) is 19.1. The molecule has 2 heterocycles. The van der Waals surface area contributed by atoms with E-state index < -0.39 is 128 Å². The molecule has 0 saturated carbocycles. The van der Waals surface area contributed by atoms with Gasteiger partial charge >= 0.3 is 5.97 Å². The summed E-state index contributed by atoms with van der Waals surface area (Å²) in [6.45, 7) is 2.27. The summed E-state index contributed by atoms with van der Waals surface area (Å²) in [6, 6.07) is 3.02. The molecule has 0 saturated heterocycles. The van der Waals surface area contributed by atoms with Crippen LogP contribution in [0.5, 0.6) is 0 Å². The lowest BCUT2D eigenvalue weighted by molar-refractivity contribution is -0.142. The molecule has 76 heavy (non-hydrogen) atoms. The van der Waals surface area contributed by atoms with Gasteiger partial charge in [-0.2, -0.15) is 0 Å². The number of aliphatic carboxylic acids is 1. The number of carbonyl (C=O) groups excluding carboxylic acids is 8. The molecule has 25 heteroatoms. The predicted molar refractivity (Wildman–Crippen MR) is 281 cm³/mol. The van der Waals surface area contributed by atoms with E-state index in [2.05, 4.69) is 47.2 Å². The van der Waals surface area contributed by atoms with E-state index in [9.17, 15) is 58.5 Å². The van der Waals surface area contributed by atoms with E-state index >= 15 is 0 Å². The van der Waals surface area contributed by atoms with Crippen LogP contribution in [0.1, 0.15) is 82.8 Å². The van der Waals surface area contributed by atoms with Gasteiger partial charge in [-0.05, 0) is 87.2 Å². The zero-order chi connectivity index (χ0) is 55.9. The van der Waals surface area contributed by atoms with Crippen LogP contribution in [0, 0.1) is 5.92 Å². The van der Waals surface area contributed by atoms with E-state index in [0.717, 1.165) is 21.8 Å². The van der Waals surface area contributed by atoms with Crippen molar-refractivity contribution in [2.75, 3.05) is 26.3 Å². The molecule has 20 N–H and O–H groups in total. The third-order valence-electron chi connectivity index (χ3n) is 12.6. The van der Waals surface area contributed by atoms with Crippen molar-refractivity contribution in [3.05, 3.63) is 72.1 Å². The third-order valence-corrected chi connectivity index (χ3v) is 12.6. The molecule has 0 aliphatic carbocycles. The predicted octanol–water partition coefficient (Wildman–Crippen LogP) is -2.21. The molecule has 0 aliphatic heterocycles. The summed E-state index contributed by atoms with van der Waals surface area (Å²) in [6.07, 6.45) is 4.34. The number of nitrogens with two attached hydrogens (primary N) is 4. The Morgan fingerprint density at radius 1 is 0.513 bits per heavy atom. The Hall–Kier alpha value is -7.45. The van der Waals surface area contributed by atoms with Gasteiger partial charge in [-0.25, -0.2) is 4.79 Å². The van der Waals surface area contributed by atoms with Crippen molar-refractivity contribution in [2.45, 2.75) is 133 Å². The molecule has 0 fully saturated rings. The fourth-order valence-electron chi connectivity index (χ4n) is 8.41. The van der Waals surface area contributed by atoms with E-state index in [1.165, 1.54) is 0 Å². The molecule has 8 atom stereocenters. The second-order valence-electron chi connectivity index (χ2n) is 19.1. The van der Waals surface area contributed by atoms with Crippen LogP contribution in [-0.2, 0) is 56.0 Å². The lowest BCUT2D eigenvalue weighted by atomic mass is 9.99. The molecule has 0 unspecified atom stereocenters. The number of fused-ring (bicyclic) bond motifs is 2. The number of carbonyl (C=O) groups is 9. The number of aliphatic hydroxyl groups is 2. The number of aromatic nitrogens is 2. The van der Waals surface area contributed by atoms with Gasteiger partial charge in [0.05, 0.1) is 19.3 Å². The van der Waals surface area contributed by atoms with Crippen LogP contribution in [0.4, 0.5) is 0 Å². The summed E-state index contributed by atoms with van der Waals surface area (Å²) in [5, 5.41) is 49.6. The highest BCUT2D eigenvalue weighted by Gasteiger charge is 2.35. The fraction of sp³-hybridized carbons (Fsp3) is 0.510. The van der Waals surface area contributed by atoms with Crippen molar-refractivity contribution in [2.24, 2.45) is 28.9 Å². The fourth-order valence-corrected chi connectivity index (χ4v) is 8.41. The highest BCUT2D eigenvalue weighted by Crippen LogP contribution is 2.21. The van der Waals surface area contributed by atoms with Gasteiger partial charge in [0.15, 0.2) is 0 Å². The van der Waals surface area contributed by atoms with Crippen molar-refractivity contribution in [3.8, 4) is 0 Å². The van der Waals surface area contributed by atoms with Crippen LogP contribution in [0.25, 0.3) is 21.8 Å². The zero-order valence-corrected chi connectivity index (χ0v) is 42.9. The van der Waals surface area contributed by atoms with Crippen molar-refractivity contribution in [3.63, 3.8) is 0 Å². The van der Waals surface area contributed by atoms with E-state index in [1.54, 1.807) is 30.6 Å². The number of nitrogens with one attached hydrogen (secondary N) is 9. The molecule has 2 aromatic carbocycles. The number of benzene rings is 2. The van der Waals surface area contributed by atoms with Crippen LogP contribution in [0.2, 0.25) is 0 Å². The summed E-state index contributed by atoms with van der Waals surface area (Å²) >= 11 is 0. The van der Waals surface area contributed by atoms with E-state index in [0.29, 0.717) is 36.9 Å². The van der Waals surface area contributed by atoms with Gasteiger partial charge < -0.3 is 85.4 Å². The number of amides is 8. The SMILES string of the molecule is CC(C)C[C@H](NC(=O)[C@@H](Cc1c[nH]c2ccccc12)NC(=O)[C@H](CCCCN)NC(=O)[C@@H](CO)NC(=O)[C@H](CCC(N)=O)NC(=O)[C@@H](CO)NC(=O)[C@@H](N)CCCCN)C(=O)N[C@H](Cc1c[nH]c2ccccc12)C(=O)O. The number of carboxylic acids is 1. The van der Waals surface area contributed by atoms with E-state index in [4.69, 9.17) is 22.9 Å². The van der Waals surface area contributed by atoms with Crippen LogP contribution in [0.3, 0.4) is 0 Å². The molecule has 0 spiro atoms. The second kappa shape index (κ2) is 30.8. The minimum atomic E-state index is -1.77. The minimum absolute atomic E-state index is 0.0457. The quantitative estimate of drug-likeness (QED) is 0.0221. The first kappa shape index (κ1) is 61.1. The molecule has 0 radical (unpaired) electrons. The molecule has 4 rings (SSSR count). The van der Waals surface area contributed by atoms with Gasteiger partial charge in [-0.15, -0.1) is 0 Å². The molecule has 2 aromatic heterocycles. The van der Waals surface area contributed by atoms with Gasteiger partial charge in [0, 0.05) is 53.5 Å². The largest absolute Gasteiger partial charge is 0.480 e. The van der Waals surface area contributed by atoms with Gasteiger partial charge in [0.1, 0.15) is 42.3 Å². The summed E-state index contributed by atoms with van der Waals surface area (Å²) < 4.78 is 0. The Morgan fingerprint density at radius 3 is 1.39 bits per heavy atom. The Bertz CT molecular complexity index is 2600. The zero-order valence-electron chi connectivity index (χ0n) is 42.9.